The number of fused-ring (bicyclic) bond motifs is 2. The minimum absolute atomic E-state index is 0.0238. The summed E-state index contributed by atoms with van der Waals surface area (Å²) in [4.78, 5) is 36.9. The summed E-state index contributed by atoms with van der Waals surface area (Å²) in [5, 5.41) is 6.87. The molecule has 0 unspecified atom stereocenters. The van der Waals surface area contributed by atoms with Crippen LogP contribution < -0.4 is 21.3 Å². The number of aryl methyl sites for hydroxylation is 1. The molecule has 0 bridgehead atoms. The molecule has 1 spiro atoms. The van der Waals surface area contributed by atoms with E-state index in [0.717, 1.165) is 46.0 Å². The highest BCUT2D eigenvalue weighted by Crippen LogP contribution is 2.52. The van der Waals surface area contributed by atoms with Crippen LogP contribution in [0.25, 0.3) is 5.69 Å². The number of carbonyl (C=O) groups excluding carboxylic acids is 1. The number of ether oxygens (including phenoxy) is 1. The van der Waals surface area contributed by atoms with Gasteiger partial charge in [-0.15, -0.1) is 0 Å². The summed E-state index contributed by atoms with van der Waals surface area (Å²) >= 11 is 12.8. The SMILES string of the molecule is Cn1ncc(=O)n(-c2cc(Cl)c(Oc3ccc4c(c3)C3(CCC3)C(=O)N4)c(Cl)c2)c1=O. The van der Waals surface area contributed by atoms with Gasteiger partial charge in [-0.25, -0.2) is 14.0 Å². The van der Waals surface area contributed by atoms with Gasteiger partial charge in [0, 0.05) is 12.7 Å². The van der Waals surface area contributed by atoms with Crippen molar-refractivity contribution >= 4 is 34.8 Å². The summed E-state index contributed by atoms with van der Waals surface area (Å²) in [6, 6.07) is 8.21. The van der Waals surface area contributed by atoms with Crippen LogP contribution in [0.4, 0.5) is 5.69 Å². The summed E-state index contributed by atoms with van der Waals surface area (Å²) < 4.78 is 7.90. The Morgan fingerprint density at radius 1 is 1.10 bits per heavy atom. The molecule has 1 saturated carbocycles. The van der Waals surface area contributed by atoms with E-state index in [0.29, 0.717) is 5.75 Å². The van der Waals surface area contributed by atoms with E-state index < -0.39 is 16.7 Å². The van der Waals surface area contributed by atoms with Gasteiger partial charge in [0.25, 0.3) is 5.56 Å². The van der Waals surface area contributed by atoms with Gasteiger partial charge in [0.2, 0.25) is 5.91 Å². The topological polar surface area (TPSA) is 95.2 Å². The molecule has 1 aliphatic heterocycles. The summed E-state index contributed by atoms with van der Waals surface area (Å²) in [7, 11) is 1.43. The number of halogens is 2. The van der Waals surface area contributed by atoms with E-state index in [9.17, 15) is 14.4 Å². The number of benzene rings is 2. The number of nitrogens with one attached hydrogen (secondary N) is 1. The molecule has 158 valence electrons. The Labute approximate surface area is 186 Å². The van der Waals surface area contributed by atoms with Crippen molar-refractivity contribution in [2.75, 3.05) is 5.32 Å². The first-order chi connectivity index (χ1) is 14.8. The lowest BCUT2D eigenvalue weighted by molar-refractivity contribution is -0.123. The van der Waals surface area contributed by atoms with E-state index in [1.807, 2.05) is 6.07 Å². The average Bonchev–Trinajstić information content (AvgIpc) is 2.99. The molecule has 1 amide bonds. The normalized spacial score (nSPS) is 16.0. The fourth-order valence-corrected chi connectivity index (χ4v) is 4.65. The van der Waals surface area contributed by atoms with Crippen molar-refractivity contribution < 1.29 is 9.53 Å². The zero-order valence-corrected chi connectivity index (χ0v) is 17.8. The largest absolute Gasteiger partial charge is 0.454 e. The molecule has 31 heavy (non-hydrogen) atoms. The minimum Gasteiger partial charge on any atom is -0.454 e. The second-order valence-corrected chi connectivity index (χ2v) is 8.48. The van der Waals surface area contributed by atoms with Crippen LogP contribution in [-0.2, 0) is 17.3 Å². The molecule has 0 saturated heterocycles. The maximum absolute atomic E-state index is 12.4. The molecule has 1 aliphatic carbocycles. The fourth-order valence-electron chi connectivity index (χ4n) is 4.09. The first kappa shape index (κ1) is 19.8. The number of rotatable bonds is 3. The summed E-state index contributed by atoms with van der Waals surface area (Å²) in [5.74, 6) is 0.691. The van der Waals surface area contributed by atoms with Gasteiger partial charge >= 0.3 is 5.69 Å². The van der Waals surface area contributed by atoms with Gasteiger partial charge < -0.3 is 10.1 Å². The van der Waals surface area contributed by atoms with E-state index in [4.69, 9.17) is 27.9 Å². The van der Waals surface area contributed by atoms with Crippen molar-refractivity contribution in [2.24, 2.45) is 7.05 Å². The zero-order chi connectivity index (χ0) is 21.9. The monoisotopic (exact) mass is 458 g/mol. The molecule has 8 nitrogen and oxygen atoms in total. The first-order valence-electron chi connectivity index (χ1n) is 9.59. The third kappa shape index (κ3) is 2.97. The second-order valence-electron chi connectivity index (χ2n) is 7.66. The van der Waals surface area contributed by atoms with E-state index in [-0.39, 0.29) is 27.4 Å². The summed E-state index contributed by atoms with van der Waals surface area (Å²) in [6.07, 6.45) is 3.65. The Bertz CT molecular complexity index is 1350. The Hall–Kier alpha value is -3.10. The van der Waals surface area contributed by atoms with Crippen LogP contribution in [0.1, 0.15) is 24.8 Å². The number of nitrogens with zero attached hydrogens (tertiary/aromatic N) is 3. The molecule has 0 atom stereocenters. The van der Waals surface area contributed by atoms with Crippen LogP contribution in [0.15, 0.2) is 46.1 Å². The van der Waals surface area contributed by atoms with Crippen molar-refractivity contribution in [3.8, 4) is 17.2 Å². The Morgan fingerprint density at radius 3 is 2.45 bits per heavy atom. The highest BCUT2D eigenvalue weighted by Gasteiger charge is 2.51. The molecule has 5 rings (SSSR count). The van der Waals surface area contributed by atoms with Gasteiger partial charge in [0.15, 0.2) is 5.75 Å². The predicted molar refractivity (Wildman–Crippen MR) is 116 cm³/mol. The van der Waals surface area contributed by atoms with Crippen molar-refractivity contribution in [1.29, 1.82) is 0 Å². The van der Waals surface area contributed by atoms with Crippen molar-refractivity contribution in [2.45, 2.75) is 24.7 Å². The van der Waals surface area contributed by atoms with Crippen LogP contribution in [0.3, 0.4) is 0 Å². The highest BCUT2D eigenvalue weighted by molar-refractivity contribution is 6.37. The van der Waals surface area contributed by atoms with Gasteiger partial charge in [0.1, 0.15) is 11.9 Å². The zero-order valence-electron chi connectivity index (χ0n) is 16.3. The van der Waals surface area contributed by atoms with Crippen molar-refractivity contribution in [1.82, 2.24) is 14.3 Å². The number of hydrogen-bond acceptors (Lipinski definition) is 5. The van der Waals surface area contributed by atoms with E-state index in [1.54, 1.807) is 12.1 Å². The van der Waals surface area contributed by atoms with Crippen LogP contribution in [0, 0.1) is 0 Å². The Balaban J connectivity index is 1.53. The average molecular weight is 459 g/mol. The van der Waals surface area contributed by atoms with Gasteiger partial charge in [-0.1, -0.05) is 29.6 Å². The smallest absolute Gasteiger partial charge is 0.351 e. The quantitative estimate of drug-likeness (QED) is 0.648. The Kier molecular flexibility index (Phi) is 4.46. The lowest BCUT2D eigenvalue weighted by atomic mass is 9.65. The number of aromatic nitrogens is 3. The molecular formula is C21H16Cl2N4O4. The first-order valence-corrected chi connectivity index (χ1v) is 10.3. The van der Waals surface area contributed by atoms with Gasteiger partial charge in [-0.3, -0.25) is 9.59 Å². The summed E-state index contributed by atoms with van der Waals surface area (Å²) in [6.45, 7) is 0. The van der Waals surface area contributed by atoms with Crippen LogP contribution in [0.2, 0.25) is 10.0 Å². The fraction of sp³-hybridized carbons (Fsp3) is 0.238. The number of amides is 1. The van der Waals surface area contributed by atoms with E-state index >= 15 is 0 Å². The van der Waals surface area contributed by atoms with Gasteiger partial charge in [-0.2, -0.15) is 5.10 Å². The van der Waals surface area contributed by atoms with E-state index in [2.05, 4.69) is 10.4 Å². The minimum atomic E-state index is -0.630. The van der Waals surface area contributed by atoms with Crippen LogP contribution >= 0.6 is 23.2 Å². The maximum atomic E-state index is 12.4. The predicted octanol–water partition coefficient (Wildman–Crippen LogP) is 3.40. The van der Waals surface area contributed by atoms with Gasteiger partial charge in [-0.05, 0) is 48.7 Å². The van der Waals surface area contributed by atoms with Crippen LogP contribution in [0.5, 0.6) is 11.5 Å². The number of hydrogen-bond donors (Lipinski definition) is 1. The number of carbonyl (C=O) groups is 1. The third-order valence-corrected chi connectivity index (χ3v) is 6.45. The molecule has 1 fully saturated rings. The van der Waals surface area contributed by atoms with E-state index in [1.165, 1.54) is 19.2 Å². The molecule has 2 aromatic carbocycles. The molecule has 1 aromatic heterocycles. The number of anilines is 1. The molecular weight excluding hydrogens is 443 g/mol. The second kappa shape index (κ2) is 6.96. The molecule has 2 heterocycles. The highest BCUT2D eigenvalue weighted by atomic mass is 35.5. The summed E-state index contributed by atoms with van der Waals surface area (Å²) in [5.41, 5.74) is 0.191. The maximum Gasteiger partial charge on any atom is 0.351 e. The standard InChI is InChI=1S/C21H16Cl2N4O4/c1-26-20(30)27(17(28)10-24-26)11-7-14(22)18(15(23)8-11)31-12-3-4-16-13(9-12)21(5-2-6-21)19(29)25-16/h3-4,7-10H,2,5-6H2,1H3,(H,25,29). The van der Waals surface area contributed by atoms with Crippen molar-refractivity contribution in [3.63, 3.8) is 0 Å². The lowest BCUT2D eigenvalue weighted by Crippen LogP contribution is -2.40. The molecule has 3 aromatic rings. The van der Waals surface area contributed by atoms with Crippen LogP contribution in [-0.4, -0.2) is 20.3 Å². The lowest BCUT2D eigenvalue weighted by Gasteiger charge is -2.36. The molecule has 10 heteroatoms. The molecule has 0 radical (unpaired) electrons. The van der Waals surface area contributed by atoms with Gasteiger partial charge in [0.05, 0.1) is 21.1 Å². The van der Waals surface area contributed by atoms with Crippen molar-refractivity contribution in [3.05, 3.63) is 73.0 Å². The molecule has 2 aliphatic rings. The molecule has 1 N–H and O–H groups in total. The Morgan fingerprint density at radius 2 is 1.81 bits per heavy atom. The third-order valence-electron chi connectivity index (χ3n) is 5.89.